The normalized spacial score (nSPS) is 13.1. The standard InChI is InChI=1S/C9H15N5O3/c1-9(2,3)4(7(16)17)11-6(15)5-12-8(10)14-13-5/h4H,1-3H3,(H,11,15)(H,16,17)(H3,10,12,13,14). The highest BCUT2D eigenvalue weighted by Gasteiger charge is 2.33. The number of amides is 1. The van der Waals surface area contributed by atoms with Crippen LogP contribution in [-0.2, 0) is 4.79 Å². The van der Waals surface area contributed by atoms with Crippen molar-refractivity contribution < 1.29 is 14.7 Å². The molecule has 0 fully saturated rings. The average Bonchev–Trinajstić information content (AvgIpc) is 2.58. The van der Waals surface area contributed by atoms with Gasteiger partial charge in [0.25, 0.3) is 5.91 Å². The van der Waals surface area contributed by atoms with E-state index in [2.05, 4.69) is 20.5 Å². The molecule has 0 saturated carbocycles. The molecule has 1 unspecified atom stereocenters. The number of aromatic nitrogens is 3. The molecule has 0 saturated heterocycles. The van der Waals surface area contributed by atoms with Gasteiger partial charge in [-0.3, -0.25) is 9.89 Å². The van der Waals surface area contributed by atoms with E-state index in [-0.39, 0.29) is 11.8 Å². The summed E-state index contributed by atoms with van der Waals surface area (Å²) in [7, 11) is 0. The van der Waals surface area contributed by atoms with E-state index in [9.17, 15) is 9.59 Å². The number of hydrogen-bond donors (Lipinski definition) is 4. The molecule has 8 nitrogen and oxygen atoms in total. The molecular weight excluding hydrogens is 226 g/mol. The van der Waals surface area contributed by atoms with Gasteiger partial charge in [0, 0.05) is 0 Å². The number of carbonyl (C=O) groups is 2. The summed E-state index contributed by atoms with van der Waals surface area (Å²) >= 11 is 0. The van der Waals surface area contributed by atoms with Gasteiger partial charge in [-0.1, -0.05) is 20.8 Å². The molecule has 1 amide bonds. The number of hydrogen-bond acceptors (Lipinski definition) is 5. The molecule has 0 aliphatic heterocycles. The van der Waals surface area contributed by atoms with Gasteiger partial charge in [-0.25, -0.2) is 4.79 Å². The molecule has 17 heavy (non-hydrogen) atoms. The third kappa shape index (κ3) is 3.16. The topological polar surface area (TPSA) is 134 Å². The van der Waals surface area contributed by atoms with Crippen LogP contribution in [0.2, 0.25) is 0 Å². The van der Waals surface area contributed by atoms with Gasteiger partial charge in [0.1, 0.15) is 6.04 Å². The molecule has 1 aromatic rings. The Hall–Kier alpha value is -2.12. The van der Waals surface area contributed by atoms with E-state index in [1.807, 2.05) is 0 Å². The second kappa shape index (κ2) is 4.40. The van der Waals surface area contributed by atoms with Crippen LogP contribution in [0.3, 0.4) is 0 Å². The number of anilines is 1. The predicted octanol–water partition coefficient (Wildman–Crippen LogP) is -0.384. The molecule has 94 valence electrons. The van der Waals surface area contributed by atoms with E-state index in [4.69, 9.17) is 10.8 Å². The molecule has 5 N–H and O–H groups in total. The maximum absolute atomic E-state index is 11.7. The van der Waals surface area contributed by atoms with Crippen LogP contribution >= 0.6 is 0 Å². The van der Waals surface area contributed by atoms with Crippen molar-refractivity contribution in [3.05, 3.63) is 5.82 Å². The fourth-order valence-electron chi connectivity index (χ4n) is 1.22. The number of H-pyrrole nitrogens is 1. The Balaban J connectivity index is 2.82. The largest absolute Gasteiger partial charge is 0.480 e. The zero-order valence-electron chi connectivity index (χ0n) is 9.81. The van der Waals surface area contributed by atoms with Crippen LogP contribution in [0, 0.1) is 5.41 Å². The zero-order valence-corrected chi connectivity index (χ0v) is 9.81. The first-order valence-electron chi connectivity index (χ1n) is 4.93. The molecule has 1 atom stereocenters. The highest BCUT2D eigenvalue weighted by atomic mass is 16.4. The van der Waals surface area contributed by atoms with E-state index < -0.39 is 23.3 Å². The minimum atomic E-state index is -1.11. The van der Waals surface area contributed by atoms with E-state index in [0.717, 1.165) is 0 Å². The number of carboxylic acid groups (broad SMARTS) is 1. The first kappa shape index (κ1) is 12.9. The highest BCUT2D eigenvalue weighted by Crippen LogP contribution is 2.19. The van der Waals surface area contributed by atoms with Gasteiger partial charge < -0.3 is 16.2 Å². The molecule has 0 bridgehead atoms. The second-order valence-electron chi connectivity index (χ2n) is 4.65. The second-order valence-corrected chi connectivity index (χ2v) is 4.65. The summed E-state index contributed by atoms with van der Waals surface area (Å²) in [5, 5.41) is 17.2. The monoisotopic (exact) mass is 241 g/mol. The van der Waals surface area contributed by atoms with Crippen molar-refractivity contribution in [1.29, 1.82) is 0 Å². The van der Waals surface area contributed by atoms with Crippen LogP contribution in [0.4, 0.5) is 5.95 Å². The van der Waals surface area contributed by atoms with Crippen molar-refractivity contribution in [2.75, 3.05) is 5.73 Å². The quantitative estimate of drug-likeness (QED) is 0.569. The van der Waals surface area contributed by atoms with Crippen molar-refractivity contribution in [2.45, 2.75) is 26.8 Å². The first-order chi connectivity index (χ1) is 7.71. The van der Waals surface area contributed by atoms with Gasteiger partial charge in [-0.05, 0) is 5.41 Å². The maximum atomic E-state index is 11.7. The lowest BCUT2D eigenvalue weighted by molar-refractivity contribution is -0.142. The van der Waals surface area contributed by atoms with Crippen molar-refractivity contribution in [2.24, 2.45) is 5.41 Å². The molecule has 0 aromatic carbocycles. The van der Waals surface area contributed by atoms with Gasteiger partial charge in [-0.2, -0.15) is 4.98 Å². The lowest BCUT2D eigenvalue weighted by Crippen LogP contribution is -2.49. The highest BCUT2D eigenvalue weighted by molar-refractivity contribution is 5.93. The lowest BCUT2D eigenvalue weighted by atomic mass is 9.87. The summed E-state index contributed by atoms with van der Waals surface area (Å²) in [6.07, 6.45) is 0. The minimum absolute atomic E-state index is 0.0715. The Morgan fingerprint density at radius 2 is 2.06 bits per heavy atom. The van der Waals surface area contributed by atoms with E-state index >= 15 is 0 Å². The van der Waals surface area contributed by atoms with Gasteiger partial charge in [0.15, 0.2) is 0 Å². The van der Waals surface area contributed by atoms with Gasteiger partial charge in [0.2, 0.25) is 11.8 Å². The van der Waals surface area contributed by atoms with Crippen molar-refractivity contribution >= 4 is 17.8 Å². The number of nitrogens with zero attached hydrogens (tertiary/aromatic N) is 2. The Labute approximate surface area is 97.6 Å². The molecule has 1 aromatic heterocycles. The van der Waals surface area contributed by atoms with Gasteiger partial charge in [0.05, 0.1) is 0 Å². The first-order valence-corrected chi connectivity index (χ1v) is 4.93. The predicted molar refractivity (Wildman–Crippen MR) is 59.1 cm³/mol. The number of nitrogen functional groups attached to an aromatic ring is 1. The Bertz CT molecular complexity index is 434. The molecule has 1 heterocycles. The maximum Gasteiger partial charge on any atom is 0.326 e. The number of carbonyl (C=O) groups excluding carboxylic acids is 1. The smallest absolute Gasteiger partial charge is 0.326 e. The third-order valence-electron chi connectivity index (χ3n) is 2.11. The molecule has 0 spiro atoms. The summed E-state index contributed by atoms with van der Waals surface area (Å²) in [4.78, 5) is 26.3. The van der Waals surface area contributed by atoms with E-state index in [1.165, 1.54) is 0 Å². The summed E-state index contributed by atoms with van der Waals surface area (Å²) < 4.78 is 0. The van der Waals surface area contributed by atoms with Crippen LogP contribution < -0.4 is 11.1 Å². The van der Waals surface area contributed by atoms with Crippen LogP contribution in [-0.4, -0.2) is 38.2 Å². The van der Waals surface area contributed by atoms with Crippen molar-refractivity contribution in [1.82, 2.24) is 20.5 Å². The van der Waals surface area contributed by atoms with Crippen molar-refractivity contribution in [3.8, 4) is 0 Å². The summed E-state index contributed by atoms with van der Waals surface area (Å²) in [5.41, 5.74) is 4.63. The SMILES string of the molecule is CC(C)(C)C(NC(=O)c1nc(N)n[nH]1)C(=O)O. The summed E-state index contributed by atoms with van der Waals surface area (Å²) in [6.45, 7) is 5.13. The summed E-state index contributed by atoms with van der Waals surface area (Å²) in [6, 6.07) is -1.03. The summed E-state index contributed by atoms with van der Waals surface area (Å²) in [5.74, 6) is -1.95. The van der Waals surface area contributed by atoms with Crippen molar-refractivity contribution in [3.63, 3.8) is 0 Å². The van der Waals surface area contributed by atoms with Crippen LogP contribution in [0.15, 0.2) is 0 Å². The van der Waals surface area contributed by atoms with Crippen LogP contribution in [0.1, 0.15) is 31.4 Å². The number of aliphatic carboxylic acids is 1. The molecule has 8 heteroatoms. The third-order valence-corrected chi connectivity index (χ3v) is 2.11. The molecule has 1 rings (SSSR count). The zero-order chi connectivity index (χ0) is 13.2. The molecule has 0 aliphatic rings. The van der Waals surface area contributed by atoms with Crippen LogP contribution in [0.5, 0.6) is 0 Å². The molecular formula is C9H15N5O3. The number of nitrogens with two attached hydrogens (primary N) is 1. The Morgan fingerprint density at radius 3 is 2.41 bits per heavy atom. The fourth-order valence-corrected chi connectivity index (χ4v) is 1.22. The minimum Gasteiger partial charge on any atom is -0.480 e. The molecule has 0 radical (unpaired) electrons. The lowest BCUT2D eigenvalue weighted by Gasteiger charge is -2.27. The number of rotatable bonds is 3. The molecule has 0 aliphatic carbocycles. The Kier molecular flexibility index (Phi) is 3.35. The number of carboxylic acids is 1. The van der Waals surface area contributed by atoms with Gasteiger partial charge in [-0.15, -0.1) is 5.10 Å². The van der Waals surface area contributed by atoms with Crippen LogP contribution in [0.25, 0.3) is 0 Å². The number of nitrogens with one attached hydrogen (secondary N) is 2. The number of aromatic amines is 1. The van der Waals surface area contributed by atoms with E-state index in [1.54, 1.807) is 20.8 Å². The Morgan fingerprint density at radius 1 is 1.47 bits per heavy atom. The van der Waals surface area contributed by atoms with Gasteiger partial charge >= 0.3 is 5.97 Å². The average molecular weight is 241 g/mol. The fraction of sp³-hybridized carbons (Fsp3) is 0.556. The van der Waals surface area contributed by atoms with E-state index in [0.29, 0.717) is 0 Å².